The van der Waals surface area contributed by atoms with Gasteiger partial charge >= 0.3 is 0 Å². The lowest BCUT2D eigenvalue weighted by molar-refractivity contribution is 0.0322. The van der Waals surface area contributed by atoms with Crippen LogP contribution in [0.5, 0.6) is 5.75 Å². The van der Waals surface area contributed by atoms with Crippen LogP contribution in [0.1, 0.15) is 32.3 Å². The Morgan fingerprint density at radius 2 is 1.90 bits per heavy atom. The SMILES string of the molecule is CCNC(=NCc1ccccc1OCCN1CCOCC1)NCCCCOCC.I. The fourth-order valence-electron chi connectivity index (χ4n) is 3.07. The Labute approximate surface area is 199 Å². The third kappa shape index (κ3) is 11.3. The second kappa shape index (κ2) is 17.6. The molecule has 30 heavy (non-hydrogen) atoms. The minimum Gasteiger partial charge on any atom is -0.492 e. The van der Waals surface area contributed by atoms with Crippen LogP contribution in [0.4, 0.5) is 0 Å². The molecule has 0 saturated carbocycles. The van der Waals surface area contributed by atoms with E-state index in [9.17, 15) is 0 Å². The maximum atomic E-state index is 6.06. The van der Waals surface area contributed by atoms with Crippen molar-refractivity contribution in [2.24, 2.45) is 4.99 Å². The van der Waals surface area contributed by atoms with E-state index in [1.54, 1.807) is 0 Å². The van der Waals surface area contributed by atoms with E-state index in [4.69, 9.17) is 19.2 Å². The third-order valence-electron chi connectivity index (χ3n) is 4.71. The predicted molar refractivity (Wildman–Crippen MR) is 133 cm³/mol. The molecule has 8 heteroatoms. The number of benzene rings is 1. The van der Waals surface area contributed by atoms with E-state index in [0.717, 1.165) is 89.3 Å². The van der Waals surface area contributed by atoms with Crippen molar-refractivity contribution in [3.8, 4) is 5.75 Å². The van der Waals surface area contributed by atoms with Crippen LogP contribution in [0.3, 0.4) is 0 Å². The second-order valence-electron chi connectivity index (χ2n) is 6.94. The van der Waals surface area contributed by atoms with E-state index in [2.05, 4.69) is 28.5 Å². The van der Waals surface area contributed by atoms with Crippen LogP contribution in [-0.4, -0.2) is 76.6 Å². The summed E-state index contributed by atoms with van der Waals surface area (Å²) in [6.07, 6.45) is 2.12. The fraction of sp³-hybridized carbons (Fsp3) is 0.682. The molecule has 1 aliphatic heterocycles. The average molecular weight is 534 g/mol. The molecule has 1 saturated heterocycles. The molecule has 0 aromatic heterocycles. The predicted octanol–water partition coefficient (Wildman–Crippen LogP) is 2.89. The number of guanidine groups is 1. The molecule has 0 radical (unpaired) electrons. The van der Waals surface area contributed by atoms with Gasteiger partial charge in [-0.3, -0.25) is 4.90 Å². The van der Waals surface area contributed by atoms with Crippen LogP contribution in [0, 0.1) is 0 Å². The number of hydrogen-bond acceptors (Lipinski definition) is 5. The largest absolute Gasteiger partial charge is 0.492 e. The van der Waals surface area contributed by atoms with E-state index in [0.29, 0.717) is 13.2 Å². The second-order valence-corrected chi connectivity index (χ2v) is 6.94. The van der Waals surface area contributed by atoms with Crippen molar-refractivity contribution in [2.75, 3.05) is 65.8 Å². The van der Waals surface area contributed by atoms with E-state index >= 15 is 0 Å². The Morgan fingerprint density at radius 3 is 2.67 bits per heavy atom. The lowest BCUT2D eigenvalue weighted by atomic mass is 10.2. The van der Waals surface area contributed by atoms with Gasteiger partial charge < -0.3 is 24.8 Å². The lowest BCUT2D eigenvalue weighted by Crippen LogP contribution is -2.38. The molecule has 0 bridgehead atoms. The normalized spacial score (nSPS) is 14.8. The highest BCUT2D eigenvalue weighted by atomic mass is 127. The molecule has 1 aromatic carbocycles. The zero-order valence-corrected chi connectivity index (χ0v) is 20.9. The van der Waals surface area contributed by atoms with Gasteiger partial charge in [0.1, 0.15) is 12.4 Å². The molecule has 1 aliphatic rings. The van der Waals surface area contributed by atoms with Crippen LogP contribution >= 0.6 is 24.0 Å². The van der Waals surface area contributed by atoms with Gasteiger partial charge in [-0.1, -0.05) is 18.2 Å². The first-order valence-electron chi connectivity index (χ1n) is 10.9. The van der Waals surface area contributed by atoms with Gasteiger partial charge in [0.15, 0.2) is 5.96 Å². The molecule has 1 heterocycles. The van der Waals surface area contributed by atoms with Crippen LogP contribution in [0.25, 0.3) is 0 Å². The van der Waals surface area contributed by atoms with E-state index in [1.807, 2.05) is 25.1 Å². The Bertz CT molecular complexity index is 583. The molecule has 2 N–H and O–H groups in total. The van der Waals surface area contributed by atoms with E-state index < -0.39 is 0 Å². The van der Waals surface area contributed by atoms with Gasteiger partial charge in [0.2, 0.25) is 0 Å². The Kier molecular flexibility index (Phi) is 15.8. The summed E-state index contributed by atoms with van der Waals surface area (Å²) >= 11 is 0. The van der Waals surface area contributed by atoms with Crippen LogP contribution in [-0.2, 0) is 16.0 Å². The molecule has 1 fully saturated rings. The summed E-state index contributed by atoms with van der Waals surface area (Å²) in [6, 6.07) is 8.16. The Balaban J connectivity index is 0.00000450. The van der Waals surface area contributed by atoms with Gasteiger partial charge in [0.05, 0.1) is 19.8 Å². The summed E-state index contributed by atoms with van der Waals surface area (Å²) in [4.78, 5) is 7.11. The highest BCUT2D eigenvalue weighted by Crippen LogP contribution is 2.19. The number of unbranched alkanes of at least 4 members (excludes halogenated alkanes) is 1. The number of nitrogens with zero attached hydrogens (tertiary/aromatic N) is 2. The van der Waals surface area contributed by atoms with Gasteiger partial charge in [-0.05, 0) is 32.8 Å². The number of nitrogens with one attached hydrogen (secondary N) is 2. The van der Waals surface area contributed by atoms with Crippen molar-refractivity contribution in [1.29, 1.82) is 0 Å². The van der Waals surface area contributed by atoms with Crippen molar-refractivity contribution in [3.05, 3.63) is 29.8 Å². The number of aliphatic imine (C=N–C) groups is 1. The third-order valence-corrected chi connectivity index (χ3v) is 4.71. The first kappa shape index (κ1) is 26.9. The fourth-order valence-corrected chi connectivity index (χ4v) is 3.07. The lowest BCUT2D eigenvalue weighted by Gasteiger charge is -2.26. The first-order chi connectivity index (χ1) is 14.3. The minimum absolute atomic E-state index is 0. The van der Waals surface area contributed by atoms with Gasteiger partial charge in [-0.2, -0.15) is 0 Å². The molecule has 0 spiro atoms. The number of halogens is 1. The molecule has 1 aromatic rings. The molecule has 2 rings (SSSR count). The summed E-state index contributed by atoms with van der Waals surface area (Å²) in [6.45, 7) is 13.2. The molecule has 172 valence electrons. The Hall–Kier alpha value is -1.10. The number of ether oxygens (including phenoxy) is 3. The van der Waals surface area contributed by atoms with Crippen molar-refractivity contribution < 1.29 is 14.2 Å². The smallest absolute Gasteiger partial charge is 0.191 e. The van der Waals surface area contributed by atoms with Crippen molar-refractivity contribution in [1.82, 2.24) is 15.5 Å². The Morgan fingerprint density at radius 1 is 1.10 bits per heavy atom. The average Bonchev–Trinajstić information content (AvgIpc) is 2.76. The van der Waals surface area contributed by atoms with Crippen molar-refractivity contribution >= 4 is 29.9 Å². The van der Waals surface area contributed by atoms with E-state index in [1.165, 1.54) is 0 Å². The summed E-state index contributed by atoms with van der Waals surface area (Å²) in [5, 5.41) is 6.71. The highest BCUT2D eigenvalue weighted by molar-refractivity contribution is 14.0. The number of morpholine rings is 1. The quantitative estimate of drug-likeness (QED) is 0.176. The molecule has 0 amide bonds. The van der Waals surface area contributed by atoms with Crippen molar-refractivity contribution in [3.63, 3.8) is 0 Å². The molecular weight excluding hydrogens is 495 g/mol. The summed E-state index contributed by atoms with van der Waals surface area (Å²) in [5.74, 6) is 1.75. The van der Waals surface area contributed by atoms with Gasteiger partial charge in [0, 0.05) is 51.5 Å². The minimum atomic E-state index is 0. The highest BCUT2D eigenvalue weighted by Gasteiger charge is 2.10. The molecule has 0 atom stereocenters. The molecular formula is C22H39IN4O3. The molecule has 7 nitrogen and oxygen atoms in total. The summed E-state index contributed by atoms with van der Waals surface area (Å²) < 4.78 is 16.8. The molecule has 0 unspecified atom stereocenters. The van der Waals surface area contributed by atoms with Gasteiger partial charge in [-0.15, -0.1) is 24.0 Å². The number of rotatable bonds is 13. The van der Waals surface area contributed by atoms with Crippen LogP contribution < -0.4 is 15.4 Å². The van der Waals surface area contributed by atoms with Gasteiger partial charge in [0.25, 0.3) is 0 Å². The zero-order chi connectivity index (χ0) is 20.6. The van der Waals surface area contributed by atoms with Crippen LogP contribution in [0.2, 0.25) is 0 Å². The topological polar surface area (TPSA) is 67.4 Å². The van der Waals surface area contributed by atoms with Crippen molar-refractivity contribution in [2.45, 2.75) is 33.2 Å². The first-order valence-corrected chi connectivity index (χ1v) is 10.9. The van der Waals surface area contributed by atoms with Crippen LogP contribution in [0.15, 0.2) is 29.3 Å². The monoisotopic (exact) mass is 534 g/mol. The summed E-state index contributed by atoms with van der Waals surface area (Å²) in [5.41, 5.74) is 1.10. The maximum absolute atomic E-state index is 6.06. The van der Waals surface area contributed by atoms with E-state index in [-0.39, 0.29) is 24.0 Å². The molecule has 0 aliphatic carbocycles. The maximum Gasteiger partial charge on any atom is 0.191 e. The number of para-hydroxylation sites is 1. The zero-order valence-electron chi connectivity index (χ0n) is 18.5. The number of hydrogen-bond donors (Lipinski definition) is 2. The standard InChI is InChI=1S/C22H38N4O3.HI/c1-3-23-22(24-11-7-8-15-27-4-2)25-19-20-9-5-6-10-21(20)29-18-14-26-12-16-28-17-13-26;/h5-6,9-10H,3-4,7-8,11-19H2,1-2H3,(H2,23,24,25);1H. The summed E-state index contributed by atoms with van der Waals surface area (Å²) in [7, 11) is 0. The van der Waals surface area contributed by atoms with Gasteiger partial charge in [-0.25, -0.2) is 4.99 Å².